The number of piperidine rings is 1. The molecule has 1 heterocycles. The van der Waals surface area contributed by atoms with Gasteiger partial charge in [-0.1, -0.05) is 23.7 Å². The Morgan fingerprint density at radius 3 is 2.64 bits per heavy atom. The molecule has 3 rings (SSSR count). The van der Waals surface area contributed by atoms with Crippen molar-refractivity contribution in [3.8, 4) is 0 Å². The van der Waals surface area contributed by atoms with Crippen molar-refractivity contribution >= 4 is 17.3 Å². The normalized spacial score (nSPS) is 21.9. The largest absolute Gasteiger partial charge is 0.370 e. The molecule has 4 heteroatoms. The van der Waals surface area contributed by atoms with Crippen LogP contribution >= 0.6 is 11.6 Å². The molecule has 22 heavy (non-hydrogen) atoms. The number of halogens is 2. The van der Waals surface area contributed by atoms with E-state index in [1.165, 1.54) is 6.07 Å². The van der Waals surface area contributed by atoms with Gasteiger partial charge in [0.15, 0.2) is 0 Å². The second-order valence-electron chi connectivity index (χ2n) is 6.08. The zero-order valence-electron chi connectivity index (χ0n) is 12.4. The molecule has 2 aromatic carbocycles. The third-order valence-corrected chi connectivity index (χ3v) is 4.43. The molecule has 1 fully saturated rings. The van der Waals surface area contributed by atoms with Gasteiger partial charge in [-0.3, -0.25) is 0 Å². The molecule has 0 aliphatic carbocycles. The fourth-order valence-electron chi connectivity index (χ4n) is 3.25. The lowest BCUT2D eigenvalue weighted by molar-refractivity contribution is 0.374. The van der Waals surface area contributed by atoms with E-state index >= 15 is 0 Å². The van der Waals surface area contributed by atoms with Crippen LogP contribution in [0.15, 0.2) is 48.5 Å². The van der Waals surface area contributed by atoms with E-state index < -0.39 is 0 Å². The van der Waals surface area contributed by atoms with E-state index in [0.717, 1.165) is 42.2 Å². The highest BCUT2D eigenvalue weighted by Gasteiger charge is 2.25. The molecule has 0 amide bonds. The summed E-state index contributed by atoms with van der Waals surface area (Å²) in [6.07, 6.45) is 1.83. The molecule has 0 aromatic heterocycles. The second-order valence-corrected chi connectivity index (χ2v) is 6.51. The van der Waals surface area contributed by atoms with Gasteiger partial charge >= 0.3 is 0 Å². The molecule has 1 aliphatic heterocycles. The van der Waals surface area contributed by atoms with Crippen LogP contribution in [0.2, 0.25) is 5.02 Å². The third-order valence-electron chi connectivity index (χ3n) is 4.17. The van der Waals surface area contributed by atoms with Crippen molar-refractivity contribution in [1.29, 1.82) is 0 Å². The van der Waals surface area contributed by atoms with Gasteiger partial charge in [0.2, 0.25) is 0 Å². The van der Waals surface area contributed by atoms with Gasteiger partial charge in [-0.05, 0) is 60.7 Å². The quantitative estimate of drug-likeness (QED) is 0.930. The maximum Gasteiger partial charge on any atom is 0.123 e. The van der Waals surface area contributed by atoms with Gasteiger partial charge < -0.3 is 10.6 Å². The number of anilines is 1. The summed E-state index contributed by atoms with van der Waals surface area (Å²) in [6, 6.07) is 14.8. The molecule has 0 spiro atoms. The van der Waals surface area contributed by atoms with Gasteiger partial charge in [-0.15, -0.1) is 0 Å². The first-order valence-corrected chi connectivity index (χ1v) is 7.98. The topological polar surface area (TPSA) is 29.3 Å². The van der Waals surface area contributed by atoms with E-state index in [-0.39, 0.29) is 11.9 Å². The Kier molecular flexibility index (Phi) is 4.65. The standard InChI is InChI=1S/C18H20ClFN2/c19-15-4-6-18(7-5-15)22-11-14(10-17(21)12-22)8-13-2-1-3-16(20)9-13/h1-7,9,14,17H,8,10-12,21H2. The number of rotatable bonds is 3. The van der Waals surface area contributed by atoms with E-state index in [1.807, 2.05) is 30.3 Å². The van der Waals surface area contributed by atoms with Crippen molar-refractivity contribution < 1.29 is 4.39 Å². The van der Waals surface area contributed by atoms with Gasteiger partial charge in [-0.2, -0.15) is 0 Å². The Morgan fingerprint density at radius 2 is 1.91 bits per heavy atom. The second kappa shape index (κ2) is 6.67. The van der Waals surface area contributed by atoms with Gasteiger partial charge in [0.1, 0.15) is 5.82 Å². The van der Waals surface area contributed by atoms with Crippen LogP contribution in [0.4, 0.5) is 10.1 Å². The van der Waals surface area contributed by atoms with Crippen molar-refractivity contribution in [2.45, 2.75) is 18.9 Å². The Hall–Kier alpha value is -1.58. The van der Waals surface area contributed by atoms with Crippen molar-refractivity contribution in [1.82, 2.24) is 0 Å². The SMILES string of the molecule is NC1CC(Cc2cccc(F)c2)CN(c2ccc(Cl)cc2)C1. The smallest absolute Gasteiger partial charge is 0.123 e. The molecule has 116 valence electrons. The number of benzene rings is 2. The van der Waals surface area contributed by atoms with Crippen molar-refractivity contribution in [3.63, 3.8) is 0 Å². The summed E-state index contributed by atoms with van der Waals surface area (Å²) in [4.78, 5) is 2.30. The Balaban J connectivity index is 1.72. The monoisotopic (exact) mass is 318 g/mol. The fraction of sp³-hybridized carbons (Fsp3) is 0.333. The molecule has 2 atom stereocenters. The van der Waals surface area contributed by atoms with Crippen LogP contribution in [0.3, 0.4) is 0 Å². The Morgan fingerprint density at radius 1 is 1.14 bits per heavy atom. The summed E-state index contributed by atoms with van der Waals surface area (Å²) in [5.41, 5.74) is 8.40. The van der Waals surface area contributed by atoms with Crippen LogP contribution < -0.4 is 10.6 Å². The van der Waals surface area contributed by atoms with Crippen molar-refractivity contribution in [2.75, 3.05) is 18.0 Å². The molecule has 1 saturated heterocycles. The minimum absolute atomic E-state index is 0.142. The first-order chi connectivity index (χ1) is 10.6. The van der Waals surface area contributed by atoms with Gasteiger partial charge in [0.25, 0.3) is 0 Å². The number of nitrogens with two attached hydrogens (primary N) is 1. The van der Waals surface area contributed by atoms with E-state index in [2.05, 4.69) is 4.90 Å². The maximum atomic E-state index is 13.3. The molecule has 0 radical (unpaired) electrons. The van der Waals surface area contributed by atoms with Crippen molar-refractivity contribution in [3.05, 3.63) is 64.9 Å². The lowest BCUT2D eigenvalue weighted by Crippen LogP contribution is -2.47. The predicted molar refractivity (Wildman–Crippen MR) is 89.9 cm³/mol. The molecule has 2 unspecified atom stereocenters. The highest BCUT2D eigenvalue weighted by Crippen LogP contribution is 2.26. The van der Waals surface area contributed by atoms with Gasteiger partial charge in [0, 0.05) is 29.8 Å². The van der Waals surface area contributed by atoms with Crippen LogP contribution in [0.25, 0.3) is 0 Å². The van der Waals surface area contributed by atoms with Crippen LogP contribution in [0.5, 0.6) is 0 Å². The predicted octanol–water partition coefficient (Wildman–Crippen LogP) is 3.88. The van der Waals surface area contributed by atoms with Crippen LogP contribution in [-0.4, -0.2) is 19.1 Å². The Labute approximate surface area is 135 Å². The minimum Gasteiger partial charge on any atom is -0.370 e. The van der Waals surface area contributed by atoms with E-state index in [4.69, 9.17) is 17.3 Å². The molecule has 0 saturated carbocycles. The average Bonchev–Trinajstić information content (AvgIpc) is 2.47. The number of hydrogen-bond donors (Lipinski definition) is 1. The first kappa shape index (κ1) is 15.3. The average molecular weight is 319 g/mol. The molecule has 2 aromatic rings. The molecule has 0 bridgehead atoms. The minimum atomic E-state index is -0.174. The summed E-state index contributed by atoms with van der Waals surface area (Å²) in [6.45, 7) is 1.78. The molecule has 2 N–H and O–H groups in total. The first-order valence-electron chi connectivity index (χ1n) is 7.60. The van der Waals surface area contributed by atoms with Crippen LogP contribution in [0, 0.1) is 11.7 Å². The summed E-state index contributed by atoms with van der Waals surface area (Å²) < 4.78 is 13.3. The van der Waals surface area contributed by atoms with Gasteiger partial charge in [-0.25, -0.2) is 4.39 Å². The summed E-state index contributed by atoms with van der Waals surface area (Å²) in [5.74, 6) is 0.258. The van der Waals surface area contributed by atoms with E-state index in [0.29, 0.717) is 5.92 Å². The summed E-state index contributed by atoms with van der Waals surface area (Å²) in [7, 11) is 0. The molecule has 1 aliphatic rings. The molecule has 2 nitrogen and oxygen atoms in total. The lowest BCUT2D eigenvalue weighted by Gasteiger charge is -2.38. The van der Waals surface area contributed by atoms with Gasteiger partial charge in [0.05, 0.1) is 0 Å². The fourth-order valence-corrected chi connectivity index (χ4v) is 3.38. The third kappa shape index (κ3) is 3.79. The van der Waals surface area contributed by atoms with Crippen molar-refractivity contribution in [2.24, 2.45) is 11.7 Å². The highest BCUT2D eigenvalue weighted by atomic mass is 35.5. The summed E-state index contributed by atoms with van der Waals surface area (Å²) in [5, 5.41) is 0.737. The lowest BCUT2D eigenvalue weighted by atomic mass is 9.89. The maximum absolute atomic E-state index is 13.3. The van der Waals surface area contributed by atoms with Crippen LogP contribution in [0.1, 0.15) is 12.0 Å². The highest BCUT2D eigenvalue weighted by molar-refractivity contribution is 6.30. The van der Waals surface area contributed by atoms with E-state index in [9.17, 15) is 4.39 Å². The van der Waals surface area contributed by atoms with E-state index in [1.54, 1.807) is 12.1 Å². The number of hydrogen-bond acceptors (Lipinski definition) is 2. The molecular weight excluding hydrogens is 299 g/mol. The molecular formula is C18H20ClFN2. The summed E-state index contributed by atoms with van der Waals surface area (Å²) >= 11 is 5.95. The van der Waals surface area contributed by atoms with Crippen LogP contribution in [-0.2, 0) is 6.42 Å². The zero-order chi connectivity index (χ0) is 15.5. The number of nitrogens with zero attached hydrogens (tertiary/aromatic N) is 1. The Bertz CT molecular complexity index is 629. The zero-order valence-corrected chi connectivity index (χ0v) is 13.1.